The standard InChI is InChI=1S/C11H8Cl2N2/c12-7-9-1-2-10(15-11(9)13)8-3-5-14-6-4-8/h1-6H,7H2. The smallest absolute Gasteiger partial charge is 0.134 e. The summed E-state index contributed by atoms with van der Waals surface area (Å²) in [6.07, 6.45) is 3.45. The zero-order valence-electron chi connectivity index (χ0n) is 7.82. The van der Waals surface area contributed by atoms with Gasteiger partial charge in [-0.15, -0.1) is 11.6 Å². The minimum absolute atomic E-state index is 0.377. The fourth-order valence-corrected chi connectivity index (χ4v) is 1.75. The molecule has 2 heterocycles. The predicted molar refractivity (Wildman–Crippen MR) is 62.0 cm³/mol. The summed E-state index contributed by atoms with van der Waals surface area (Å²) in [5.41, 5.74) is 2.67. The third kappa shape index (κ3) is 2.28. The molecule has 0 atom stereocenters. The highest BCUT2D eigenvalue weighted by molar-refractivity contribution is 6.31. The van der Waals surface area contributed by atoms with Crippen LogP contribution in [0.3, 0.4) is 0 Å². The molecule has 0 saturated carbocycles. The molecule has 0 aliphatic rings. The molecular formula is C11H8Cl2N2. The van der Waals surface area contributed by atoms with Crippen molar-refractivity contribution in [3.63, 3.8) is 0 Å². The molecule has 2 nitrogen and oxygen atoms in total. The number of halogens is 2. The van der Waals surface area contributed by atoms with E-state index >= 15 is 0 Å². The molecule has 0 radical (unpaired) electrons. The molecule has 0 aliphatic heterocycles. The number of pyridine rings is 2. The van der Waals surface area contributed by atoms with Gasteiger partial charge in [-0.2, -0.15) is 0 Å². The van der Waals surface area contributed by atoms with Crippen LogP contribution < -0.4 is 0 Å². The van der Waals surface area contributed by atoms with Gasteiger partial charge in [-0.3, -0.25) is 4.98 Å². The number of hydrogen-bond donors (Lipinski definition) is 0. The summed E-state index contributed by atoms with van der Waals surface area (Å²) in [6.45, 7) is 0. The fourth-order valence-electron chi connectivity index (χ4n) is 1.25. The van der Waals surface area contributed by atoms with Crippen LogP contribution in [0.2, 0.25) is 5.15 Å². The summed E-state index contributed by atoms with van der Waals surface area (Å²) >= 11 is 11.7. The number of hydrogen-bond acceptors (Lipinski definition) is 2. The van der Waals surface area contributed by atoms with Gasteiger partial charge in [-0.25, -0.2) is 4.98 Å². The Morgan fingerprint density at radius 2 is 1.80 bits per heavy atom. The number of aromatic nitrogens is 2. The average Bonchev–Trinajstić information content (AvgIpc) is 2.30. The lowest BCUT2D eigenvalue weighted by Gasteiger charge is -2.03. The van der Waals surface area contributed by atoms with E-state index in [1.165, 1.54) is 0 Å². The largest absolute Gasteiger partial charge is 0.265 e. The fraction of sp³-hybridized carbons (Fsp3) is 0.0909. The zero-order chi connectivity index (χ0) is 10.7. The van der Waals surface area contributed by atoms with Gasteiger partial charge in [0.15, 0.2) is 0 Å². The van der Waals surface area contributed by atoms with E-state index in [1.807, 2.05) is 24.3 Å². The van der Waals surface area contributed by atoms with Gasteiger partial charge < -0.3 is 0 Å². The molecule has 0 N–H and O–H groups in total. The van der Waals surface area contributed by atoms with E-state index in [2.05, 4.69) is 9.97 Å². The molecule has 0 spiro atoms. The van der Waals surface area contributed by atoms with E-state index in [0.29, 0.717) is 11.0 Å². The monoisotopic (exact) mass is 238 g/mol. The maximum atomic E-state index is 5.97. The first kappa shape index (κ1) is 10.4. The van der Waals surface area contributed by atoms with E-state index < -0.39 is 0 Å². The Morgan fingerprint density at radius 1 is 1.07 bits per heavy atom. The highest BCUT2D eigenvalue weighted by atomic mass is 35.5. The molecule has 4 heteroatoms. The summed E-state index contributed by atoms with van der Waals surface area (Å²) in [6, 6.07) is 7.56. The van der Waals surface area contributed by atoms with Crippen LogP contribution in [-0.4, -0.2) is 9.97 Å². The van der Waals surface area contributed by atoms with Crippen LogP contribution in [0, 0.1) is 0 Å². The minimum Gasteiger partial charge on any atom is -0.265 e. The lowest BCUT2D eigenvalue weighted by molar-refractivity contribution is 1.24. The third-order valence-electron chi connectivity index (χ3n) is 2.05. The normalized spacial score (nSPS) is 10.3. The molecule has 0 unspecified atom stereocenters. The quantitative estimate of drug-likeness (QED) is 0.591. The van der Waals surface area contributed by atoms with Crippen LogP contribution in [-0.2, 0) is 5.88 Å². The van der Waals surface area contributed by atoms with Gasteiger partial charge in [0, 0.05) is 23.5 Å². The van der Waals surface area contributed by atoms with Crippen molar-refractivity contribution in [2.24, 2.45) is 0 Å². The Labute approximate surface area is 97.9 Å². The summed E-state index contributed by atoms with van der Waals surface area (Å²) in [5, 5.41) is 0.458. The van der Waals surface area contributed by atoms with Crippen LogP contribution in [0.25, 0.3) is 11.3 Å². The van der Waals surface area contributed by atoms with Crippen molar-refractivity contribution in [1.29, 1.82) is 0 Å². The molecular weight excluding hydrogens is 231 g/mol. The Hall–Kier alpha value is -1.12. The highest BCUT2D eigenvalue weighted by Gasteiger charge is 2.03. The van der Waals surface area contributed by atoms with Crippen molar-refractivity contribution in [3.8, 4) is 11.3 Å². The van der Waals surface area contributed by atoms with E-state index in [9.17, 15) is 0 Å². The van der Waals surface area contributed by atoms with Gasteiger partial charge in [0.05, 0.1) is 11.6 Å². The Bertz CT molecular complexity index is 457. The first-order valence-electron chi connectivity index (χ1n) is 4.43. The van der Waals surface area contributed by atoms with Crippen LogP contribution >= 0.6 is 23.2 Å². The highest BCUT2D eigenvalue weighted by Crippen LogP contribution is 2.22. The number of rotatable bonds is 2. The number of alkyl halides is 1. The maximum absolute atomic E-state index is 5.97. The second-order valence-corrected chi connectivity index (χ2v) is 3.64. The summed E-state index contributed by atoms with van der Waals surface area (Å²) in [7, 11) is 0. The molecule has 2 aromatic rings. The first-order valence-corrected chi connectivity index (χ1v) is 5.34. The van der Waals surface area contributed by atoms with Crippen LogP contribution in [0.5, 0.6) is 0 Å². The molecule has 0 fully saturated rings. The third-order valence-corrected chi connectivity index (χ3v) is 2.66. The Kier molecular flexibility index (Phi) is 3.19. The summed E-state index contributed by atoms with van der Waals surface area (Å²) in [5.74, 6) is 0.377. The van der Waals surface area contributed by atoms with Crippen molar-refractivity contribution in [3.05, 3.63) is 47.4 Å². The second-order valence-electron chi connectivity index (χ2n) is 3.02. The van der Waals surface area contributed by atoms with E-state index in [-0.39, 0.29) is 0 Å². The van der Waals surface area contributed by atoms with Gasteiger partial charge in [0.1, 0.15) is 5.15 Å². The molecule has 15 heavy (non-hydrogen) atoms. The van der Waals surface area contributed by atoms with Gasteiger partial charge >= 0.3 is 0 Å². The Balaban J connectivity index is 2.43. The molecule has 0 aliphatic carbocycles. The Morgan fingerprint density at radius 3 is 2.40 bits per heavy atom. The molecule has 76 valence electrons. The van der Waals surface area contributed by atoms with Crippen LogP contribution in [0.1, 0.15) is 5.56 Å². The summed E-state index contributed by atoms with van der Waals surface area (Å²) in [4.78, 5) is 8.21. The summed E-state index contributed by atoms with van der Waals surface area (Å²) < 4.78 is 0. The first-order chi connectivity index (χ1) is 7.31. The molecule has 2 rings (SSSR count). The topological polar surface area (TPSA) is 25.8 Å². The minimum atomic E-state index is 0.377. The van der Waals surface area contributed by atoms with Crippen molar-refractivity contribution in [2.75, 3.05) is 0 Å². The SMILES string of the molecule is ClCc1ccc(-c2ccncc2)nc1Cl. The predicted octanol–water partition coefficient (Wildman–Crippen LogP) is 3.54. The van der Waals surface area contributed by atoms with E-state index in [0.717, 1.165) is 16.8 Å². The van der Waals surface area contributed by atoms with Gasteiger partial charge in [0.25, 0.3) is 0 Å². The van der Waals surface area contributed by atoms with Crippen LogP contribution in [0.4, 0.5) is 0 Å². The van der Waals surface area contributed by atoms with Gasteiger partial charge in [0.2, 0.25) is 0 Å². The van der Waals surface area contributed by atoms with Gasteiger partial charge in [-0.1, -0.05) is 17.7 Å². The molecule has 0 aromatic carbocycles. The van der Waals surface area contributed by atoms with Crippen molar-refractivity contribution < 1.29 is 0 Å². The maximum Gasteiger partial charge on any atom is 0.134 e. The van der Waals surface area contributed by atoms with Crippen molar-refractivity contribution in [2.45, 2.75) is 5.88 Å². The van der Waals surface area contributed by atoms with Gasteiger partial charge in [-0.05, 0) is 18.2 Å². The van der Waals surface area contributed by atoms with Crippen LogP contribution in [0.15, 0.2) is 36.7 Å². The second kappa shape index (κ2) is 4.60. The lowest BCUT2D eigenvalue weighted by atomic mass is 10.1. The number of nitrogens with zero attached hydrogens (tertiary/aromatic N) is 2. The molecule has 0 amide bonds. The van der Waals surface area contributed by atoms with Crippen molar-refractivity contribution in [1.82, 2.24) is 9.97 Å². The van der Waals surface area contributed by atoms with E-state index in [4.69, 9.17) is 23.2 Å². The average molecular weight is 239 g/mol. The molecule has 0 bridgehead atoms. The molecule has 2 aromatic heterocycles. The van der Waals surface area contributed by atoms with Crippen molar-refractivity contribution >= 4 is 23.2 Å². The van der Waals surface area contributed by atoms with E-state index in [1.54, 1.807) is 12.4 Å². The molecule has 0 saturated heterocycles. The lowest BCUT2D eigenvalue weighted by Crippen LogP contribution is -1.88. The zero-order valence-corrected chi connectivity index (χ0v) is 9.33.